The van der Waals surface area contributed by atoms with Crippen molar-refractivity contribution in [3.63, 3.8) is 0 Å². The Balaban J connectivity index is 2.14. The van der Waals surface area contributed by atoms with Crippen molar-refractivity contribution >= 4 is 0 Å². The number of hydrogen-bond acceptors (Lipinski definition) is 1. The highest BCUT2D eigenvalue weighted by atomic mass is 16.3. The molecule has 1 rings (SSSR count). The molecule has 22 heavy (non-hydrogen) atoms. The number of hydrogen-bond donors (Lipinski definition) is 1. The highest BCUT2D eigenvalue weighted by Crippen LogP contribution is 2.22. The first-order valence-electron chi connectivity index (χ1n) is 9.58. The van der Waals surface area contributed by atoms with Gasteiger partial charge in [-0.1, -0.05) is 83.8 Å². The smallest absolute Gasteiger partial charge is 0.118 e. The molecular formula is C21H36O. The number of aromatic hydroxyl groups is 1. The third-order valence-corrected chi connectivity index (χ3v) is 4.51. The molecule has 0 amide bonds. The second kappa shape index (κ2) is 12.6. The number of phenolic OH excluding ortho intramolecular Hbond substituents is 1. The molecule has 1 heteroatoms. The predicted molar refractivity (Wildman–Crippen MR) is 97.6 cm³/mol. The average Bonchev–Trinajstić information content (AvgIpc) is 2.53. The van der Waals surface area contributed by atoms with Crippen LogP contribution >= 0.6 is 0 Å². The molecule has 0 heterocycles. The van der Waals surface area contributed by atoms with E-state index in [9.17, 15) is 5.11 Å². The maximum absolute atomic E-state index is 9.89. The lowest BCUT2D eigenvalue weighted by atomic mass is 10.00. The van der Waals surface area contributed by atoms with Gasteiger partial charge in [0.1, 0.15) is 5.75 Å². The van der Waals surface area contributed by atoms with E-state index in [-0.39, 0.29) is 0 Å². The lowest BCUT2D eigenvalue weighted by molar-refractivity contribution is 0.466. The summed E-state index contributed by atoms with van der Waals surface area (Å²) in [4.78, 5) is 0. The zero-order valence-electron chi connectivity index (χ0n) is 14.9. The fourth-order valence-electron chi connectivity index (χ4n) is 3.00. The van der Waals surface area contributed by atoms with Crippen LogP contribution in [0.1, 0.15) is 95.6 Å². The van der Waals surface area contributed by atoms with E-state index in [1.807, 2.05) is 6.07 Å². The molecule has 1 aromatic rings. The first-order valence-corrected chi connectivity index (χ1v) is 9.58. The van der Waals surface area contributed by atoms with Crippen molar-refractivity contribution < 1.29 is 5.11 Å². The van der Waals surface area contributed by atoms with Crippen molar-refractivity contribution in [3.05, 3.63) is 29.3 Å². The Morgan fingerprint density at radius 2 is 1.27 bits per heavy atom. The van der Waals surface area contributed by atoms with E-state index in [1.54, 1.807) is 0 Å². The first-order chi connectivity index (χ1) is 10.8. The van der Waals surface area contributed by atoms with Crippen LogP contribution in [-0.4, -0.2) is 5.11 Å². The standard InChI is InChI=1S/C21H36O/c1-3-5-7-8-9-10-11-12-13-14-19-16-17-21(22)20(18-19)15-6-4-2/h16-18,22H,3-15H2,1-2H3. The quantitative estimate of drug-likeness (QED) is 0.397. The summed E-state index contributed by atoms with van der Waals surface area (Å²) in [5, 5.41) is 9.89. The summed E-state index contributed by atoms with van der Waals surface area (Å²) in [6, 6.07) is 6.19. The van der Waals surface area contributed by atoms with E-state index in [0.717, 1.165) is 24.8 Å². The summed E-state index contributed by atoms with van der Waals surface area (Å²) in [5.74, 6) is 0.476. The van der Waals surface area contributed by atoms with E-state index in [4.69, 9.17) is 0 Å². The van der Waals surface area contributed by atoms with E-state index >= 15 is 0 Å². The molecule has 1 nitrogen and oxygen atoms in total. The molecule has 126 valence electrons. The van der Waals surface area contributed by atoms with Gasteiger partial charge in [-0.15, -0.1) is 0 Å². The summed E-state index contributed by atoms with van der Waals surface area (Å²) in [5.41, 5.74) is 2.53. The van der Waals surface area contributed by atoms with Gasteiger partial charge in [0, 0.05) is 0 Å². The Morgan fingerprint density at radius 3 is 1.91 bits per heavy atom. The van der Waals surface area contributed by atoms with Crippen LogP contribution < -0.4 is 0 Å². The van der Waals surface area contributed by atoms with Gasteiger partial charge in [0.15, 0.2) is 0 Å². The molecule has 0 aliphatic heterocycles. The van der Waals surface area contributed by atoms with Gasteiger partial charge in [0.05, 0.1) is 0 Å². The van der Waals surface area contributed by atoms with Crippen LogP contribution in [0.3, 0.4) is 0 Å². The molecule has 1 N–H and O–H groups in total. The summed E-state index contributed by atoms with van der Waals surface area (Å²) >= 11 is 0. The second-order valence-electron chi connectivity index (χ2n) is 6.65. The van der Waals surface area contributed by atoms with E-state index in [2.05, 4.69) is 26.0 Å². The van der Waals surface area contributed by atoms with Crippen LogP contribution in [-0.2, 0) is 12.8 Å². The van der Waals surface area contributed by atoms with Gasteiger partial charge < -0.3 is 5.11 Å². The molecule has 0 bridgehead atoms. The Bertz CT molecular complexity index is 383. The van der Waals surface area contributed by atoms with Gasteiger partial charge in [0.25, 0.3) is 0 Å². The van der Waals surface area contributed by atoms with Gasteiger partial charge in [-0.25, -0.2) is 0 Å². The van der Waals surface area contributed by atoms with Crippen molar-refractivity contribution in [2.45, 2.75) is 97.3 Å². The number of benzene rings is 1. The average molecular weight is 305 g/mol. The maximum atomic E-state index is 9.89. The molecule has 0 aromatic heterocycles. The molecule has 0 atom stereocenters. The minimum atomic E-state index is 0.476. The van der Waals surface area contributed by atoms with Gasteiger partial charge >= 0.3 is 0 Å². The molecule has 0 radical (unpaired) electrons. The van der Waals surface area contributed by atoms with Crippen LogP contribution in [0.15, 0.2) is 18.2 Å². The number of aryl methyl sites for hydroxylation is 2. The lowest BCUT2D eigenvalue weighted by Crippen LogP contribution is -1.91. The van der Waals surface area contributed by atoms with Crippen LogP contribution in [0.4, 0.5) is 0 Å². The van der Waals surface area contributed by atoms with Crippen LogP contribution in [0.5, 0.6) is 5.75 Å². The van der Waals surface area contributed by atoms with Gasteiger partial charge in [-0.3, -0.25) is 0 Å². The fourth-order valence-corrected chi connectivity index (χ4v) is 3.00. The molecule has 0 aliphatic rings. The normalized spacial score (nSPS) is 11.0. The molecule has 0 unspecified atom stereocenters. The number of rotatable bonds is 13. The van der Waals surface area contributed by atoms with Crippen molar-refractivity contribution in [2.75, 3.05) is 0 Å². The van der Waals surface area contributed by atoms with Crippen LogP contribution in [0.25, 0.3) is 0 Å². The lowest BCUT2D eigenvalue weighted by Gasteiger charge is -2.08. The maximum Gasteiger partial charge on any atom is 0.118 e. The zero-order chi connectivity index (χ0) is 16.0. The minimum Gasteiger partial charge on any atom is -0.508 e. The minimum absolute atomic E-state index is 0.476. The first kappa shape index (κ1) is 19.1. The number of unbranched alkanes of at least 4 members (excludes halogenated alkanes) is 9. The van der Waals surface area contributed by atoms with E-state index in [0.29, 0.717) is 5.75 Å². The van der Waals surface area contributed by atoms with Crippen molar-refractivity contribution in [2.24, 2.45) is 0 Å². The second-order valence-corrected chi connectivity index (χ2v) is 6.65. The van der Waals surface area contributed by atoms with E-state index < -0.39 is 0 Å². The van der Waals surface area contributed by atoms with Gasteiger partial charge in [0.2, 0.25) is 0 Å². The van der Waals surface area contributed by atoms with Crippen molar-refractivity contribution in [1.82, 2.24) is 0 Å². The Kier molecular flexibility index (Phi) is 10.9. The molecular weight excluding hydrogens is 268 g/mol. The Morgan fingerprint density at radius 1 is 0.682 bits per heavy atom. The monoisotopic (exact) mass is 304 g/mol. The SMILES string of the molecule is CCCCCCCCCCCc1ccc(O)c(CCCC)c1. The molecule has 0 saturated heterocycles. The largest absolute Gasteiger partial charge is 0.508 e. The van der Waals surface area contributed by atoms with Gasteiger partial charge in [-0.05, 0) is 42.9 Å². The highest BCUT2D eigenvalue weighted by Gasteiger charge is 2.03. The predicted octanol–water partition coefficient (Wildman–Crippen LogP) is 6.81. The third-order valence-electron chi connectivity index (χ3n) is 4.51. The van der Waals surface area contributed by atoms with Crippen LogP contribution in [0.2, 0.25) is 0 Å². The zero-order valence-corrected chi connectivity index (χ0v) is 14.9. The molecule has 0 fully saturated rings. The highest BCUT2D eigenvalue weighted by molar-refractivity contribution is 5.36. The van der Waals surface area contributed by atoms with Crippen molar-refractivity contribution in [3.8, 4) is 5.75 Å². The molecule has 0 spiro atoms. The summed E-state index contributed by atoms with van der Waals surface area (Å²) < 4.78 is 0. The Labute approximate surface area is 138 Å². The third kappa shape index (κ3) is 8.46. The van der Waals surface area contributed by atoms with E-state index in [1.165, 1.54) is 69.8 Å². The topological polar surface area (TPSA) is 20.2 Å². The van der Waals surface area contributed by atoms with Crippen LogP contribution in [0, 0.1) is 0 Å². The number of phenols is 1. The summed E-state index contributed by atoms with van der Waals surface area (Å²) in [6.45, 7) is 4.47. The molecule has 1 aromatic carbocycles. The molecule has 0 saturated carbocycles. The van der Waals surface area contributed by atoms with Crippen molar-refractivity contribution in [1.29, 1.82) is 0 Å². The summed E-state index contributed by atoms with van der Waals surface area (Å²) in [7, 11) is 0. The molecule has 0 aliphatic carbocycles. The van der Waals surface area contributed by atoms with Gasteiger partial charge in [-0.2, -0.15) is 0 Å². The fraction of sp³-hybridized carbons (Fsp3) is 0.714. The Hall–Kier alpha value is -0.980. The summed E-state index contributed by atoms with van der Waals surface area (Å²) in [6.07, 6.45) is 16.9.